The van der Waals surface area contributed by atoms with E-state index in [0.29, 0.717) is 12.1 Å². The molecule has 4 N–H and O–H groups in total. The molecule has 0 aromatic heterocycles. The maximum atomic E-state index is 12.1. The number of esters is 1. The van der Waals surface area contributed by atoms with E-state index in [1.54, 1.807) is 12.1 Å². The molecular weight excluding hydrogens is 352 g/mol. The molecule has 27 heavy (non-hydrogen) atoms. The maximum absolute atomic E-state index is 12.1. The summed E-state index contributed by atoms with van der Waals surface area (Å²) >= 11 is 0. The summed E-state index contributed by atoms with van der Waals surface area (Å²) in [4.78, 5) is 34.9. The van der Waals surface area contributed by atoms with Gasteiger partial charge in [-0.1, -0.05) is 30.3 Å². The van der Waals surface area contributed by atoms with Gasteiger partial charge in [-0.05, 0) is 29.3 Å². The standard InChI is InChI=1S/C19H22N2O6/c1-27-15(22)7-4-10-20-18(25)16(23)17(24)19(26)21-14-9-8-12-5-2-3-6-13(12)11-14/h2-3,5-6,8-9,11,16-17,23-24H,4,7,10H2,1H3,(H,20,25)(H,21,26). The SMILES string of the molecule is COC(=O)CCCNC(=O)C(O)C(O)C(=O)Nc1ccc2ccccc2c1. The van der Waals surface area contributed by atoms with E-state index in [0.717, 1.165) is 10.8 Å². The van der Waals surface area contributed by atoms with Crippen LogP contribution in [0, 0.1) is 0 Å². The third kappa shape index (κ3) is 5.77. The molecule has 0 radical (unpaired) electrons. The Bertz CT molecular complexity index is 823. The molecule has 0 fully saturated rings. The van der Waals surface area contributed by atoms with Crippen molar-refractivity contribution in [1.29, 1.82) is 0 Å². The highest BCUT2D eigenvalue weighted by molar-refractivity contribution is 5.99. The van der Waals surface area contributed by atoms with E-state index in [9.17, 15) is 24.6 Å². The first-order valence-electron chi connectivity index (χ1n) is 8.42. The molecule has 0 heterocycles. The Morgan fingerprint density at radius 3 is 2.37 bits per heavy atom. The van der Waals surface area contributed by atoms with Crippen molar-refractivity contribution in [2.75, 3.05) is 19.0 Å². The fraction of sp³-hybridized carbons (Fsp3) is 0.316. The van der Waals surface area contributed by atoms with Gasteiger partial charge in [0.15, 0.2) is 12.2 Å². The van der Waals surface area contributed by atoms with Crippen LogP contribution in [0.1, 0.15) is 12.8 Å². The molecule has 144 valence electrons. The summed E-state index contributed by atoms with van der Waals surface area (Å²) in [6.45, 7) is 0.101. The number of carbonyl (C=O) groups is 3. The van der Waals surface area contributed by atoms with Gasteiger partial charge in [0.1, 0.15) is 0 Å². The highest BCUT2D eigenvalue weighted by Crippen LogP contribution is 2.19. The Balaban J connectivity index is 1.86. The number of ether oxygens (including phenoxy) is 1. The predicted octanol–water partition coefficient (Wildman–Crippen LogP) is 0.570. The zero-order valence-electron chi connectivity index (χ0n) is 14.8. The molecule has 0 aliphatic carbocycles. The summed E-state index contributed by atoms with van der Waals surface area (Å²) in [7, 11) is 1.26. The zero-order valence-corrected chi connectivity index (χ0v) is 14.8. The molecule has 2 amide bonds. The molecule has 2 rings (SSSR count). The second-order valence-corrected chi connectivity index (χ2v) is 5.91. The molecule has 0 spiro atoms. The molecule has 8 heteroatoms. The lowest BCUT2D eigenvalue weighted by Gasteiger charge is -2.17. The van der Waals surface area contributed by atoms with Crippen LogP contribution in [0.15, 0.2) is 42.5 Å². The normalized spacial score (nSPS) is 12.9. The lowest BCUT2D eigenvalue weighted by atomic mass is 10.1. The van der Waals surface area contributed by atoms with Gasteiger partial charge in [0.25, 0.3) is 11.8 Å². The number of hydrogen-bond donors (Lipinski definition) is 4. The van der Waals surface area contributed by atoms with Crippen molar-refractivity contribution >= 4 is 34.2 Å². The second-order valence-electron chi connectivity index (χ2n) is 5.91. The number of carbonyl (C=O) groups excluding carboxylic acids is 3. The van der Waals surface area contributed by atoms with Gasteiger partial charge in [-0.15, -0.1) is 0 Å². The third-order valence-corrected chi connectivity index (χ3v) is 3.94. The third-order valence-electron chi connectivity index (χ3n) is 3.94. The van der Waals surface area contributed by atoms with Crippen molar-refractivity contribution in [3.63, 3.8) is 0 Å². The van der Waals surface area contributed by atoms with Gasteiger partial charge >= 0.3 is 5.97 Å². The van der Waals surface area contributed by atoms with E-state index < -0.39 is 30.0 Å². The number of nitrogens with one attached hydrogen (secondary N) is 2. The number of benzene rings is 2. The van der Waals surface area contributed by atoms with Crippen molar-refractivity contribution in [3.05, 3.63) is 42.5 Å². The fourth-order valence-electron chi connectivity index (χ4n) is 2.42. The van der Waals surface area contributed by atoms with Crippen LogP contribution in [0.5, 0.6) is 0 Å². The maximum Gasteiger partial charge on any atom is 0.305 e. The summed E-state index contributed by atoms with van der Waals surface area (Å²) in [5.41, 5.74) is 0.434. The molecule has 0 aliphatic heterocycles. The van der Waals surface area contributed by atoms with Crippen LogP contribution in [0.3, 0.4) is 0 Å². The molecule has 2 unspecified atom stereocenters. The minimum Gasteiger partial charge on any atom is -0.469 e. The Labute approximate surface area is 156 Å². The lowest BCUT2D eigenvalue weighted by Crippen LogP contribution is -2.47. The van der Waals surface area contributed by atoms with E-state index in [1.165, 1.54) is 7.11 Å². The van der Waals surface area contributed by atoms with Crippen LogP contribution in [0.4, 0.5) is 5.69 Å². The molecule has 0 bridgehead atoms. The smallest absolute Gasteiger partial charge is 0.305 e. The number of aliphatic hydroxyl groups is 2. The van der Waals surface area contributed by atoms with Crippen LogP contribution in [0.25, 0.3) is 10.8 Å². The number of methoxy groups -OCH3 is 1. The number of aliphatic hydroxyl groups excluding tert-OH is 2. The molecule has 0 saturated carbocycles. The Kier molecular flexibility index (Phi) is 7.27. The molecule has 2 aromatic rings. The molecule has 0 aliphatic rings. The number of hydrogen-bond acceptors (Lipinski definition) is 6. The van der Waals surface area contributed by atoms with E-state index in [-0.39, 0.29) is 13.0 Å². The average molecular weight is 374 g/mol. The van der Waals surface area contributed by atoms with Gasteiger partial charge in [0.2, 0.25) is 0 Å². The Hall–Kier alpha value is -2.97. The largest absolute Gasteiger partial charge is 0.469 e. The van der Waals surface area contributed by atoms with Crippen LogP contribution < -0.4 is 10.6 Å². The first kappa shape index (κ1) is 20.3. The minimum atomic E-state index is -1.93. The average Bonchev–Trinajstić information content (AvgIpc) is 2.69. The molecule has 0 saturated heterocycles. The summed E-state index contributed by atoms with van der Waals surface area (Å²) in [6.07, 6.45) is -3.44. The lowest BCUT2D eigenvalue weighted by molar-refractivity contribution is -0.143. The van der Waals surface area contributed by atoms with Gasteiger partial charge < -0.3 is 25.6 Å². The number of fused-ring (bicyclic) bond motifs is 1. The number of anilines is 1. The zero-order chi connectivity index (χ0) is 19.8. The van der Waals surface area contributed by atoms with Gasteiger partial charge in [-0.3, -0.25) is 14.4 Å². The van der Waals surface area contributed by atoms with Crippen LogP contribution >= 0.6 is 0 Å². The topological polar surface area (TPSA) is 125 Å². The Morgan fingerprint density at radius 1 is 1.00 bits per heavy atom. The number of amides is 2. The quantitative estimate of drug-likeness (QED) is 0.395. The van der Waals surface area contributed by atoms with Gasteiger partial charge in [0.05, 0.1) is 7.11 Å². The predicted molar refractivity (Wildman–Crippen MR) is 98.9 cm³/mol. The fourth-order valence-corrected chi connectivity index (χ4v) is 2.42. The highest BCUT2D eigenvalue weighted by Gasteiger charge is 2.30. The van der Waals surface area contributed by atoms with Crippen molar-refractivity contribution in [2.45, 2.75) is 25.0 Å². The van der Waals surface area contributed by atoms with Gasteiger partial charge in [-0.25, -0.2) is 0 Å². The monoisotopic (exact) mass is 374 g/mol. The van der Waals surface area contributed by atoms with Crippen molar-refractivity contribution in [2.24, 2.45) is 0 Å². The summed E-state index contributed by atoms with van der Waals surface area (Å²) in [6, 6.07) is 12.7. The first-order valence-corrected chi connectivity index (χ1v) is 8.42. The first-order chi connectivity index (χ1) is 12.9. The molecular formula is C19H22N2O6. The van der Waals surface area contributed by atoms with Crippen molar-refractivity contribution in [3.8, 4) is 0 Å². The second kappa shape index (κ2) is 9.65. The van der Waals surface area contributed by atoms with E-state index >= 15 is 0 Å². The van der Waals surface area contributed by atoms with E-state index in [1.807, 2.05) is 30.3 Å². The summed E-state index contributed by atoms with van der Waals surface area (Å²) < 4.78 is 4.46. The van der Waals surface area contributed by atoms with Crippen LogP contribution in [-0.2, 0) is 19.1 Å². The van der Waals surface area contributed by atoms with Crippen molar-refractivity contribution < 1.29 is 29.3 Å². The van der Waals surface area contributed by atoms with E-state index in [2.05, 4.69) is 15.4 Å². The molecule has 8 nitrogen and oxygen atoms in total. The van der Waals surface area contributed by atoms with E-state index in [4.69, 9.17) is 0 Å². The minimum absolute atomic E-state index is 0.101. The highest BCUT2D eigenvalue weighted by atomic mass is 16.5. The van der Waals surface area contributed by atoms with Crippen LogP contribution in [-0.4, -0.2) is 53.9 Å². The molecule has 2 aromatic carbocycles. The summed E-state index contributed by atoms with van der Waals surface area (Å²) in [5, 5.41) is 26.5. The van der Waals surface area contributed by atoms with Gasteiger partial charge in [-0.2, -0.15) is 0 Å². The van der Waals surface area contributed by atoms with Crippen molar-refractivity contribution in [1.82, 2.24) is 5.32 Å². The Morgan fingerprint density at radius 2 is 1.67 bits per heavy atom. The molecule has 2 atom stereocenters. The summed E-state index contributed by atoms with van der Waals surface area (Å²) in [5.74, 6) is -2.22. The van der Waals surface area contributed by atoms with Crippen LogP contribution in [0.2, 0.25) is 0 Å². The van der Waals surface area contributed by atoms with Gasteiger partial charge in [0, 0.05) is 18.7 Å². The number of rotatable bonds is 8.